The minimum atomic E-state index is -3.31. The van der Waals surface area contributed by atoms with Crippen molar-refractivity contribution in [2.45, 2.75) is 12.8 Å². The highest BCUT2D eigenvalue weighted by atomic mass is 32.2. The van der Waals surface area contributed by atoms with Crippen molar-refractivity contribution in [1.29, 1.82) is 0 Å². The summed E-state index contributed by atoms with van der Waals surface area (Å²) in [5.74, 6) is 0. The molecule has 0 aliphatic carbocycles. The molecule has 26 heavy (non-hydrogen) atoms. The van der Waals surface area contributed by atoms with Crippen molar-refractivity contribution in [2.24, 2.45) is 0 Å². The molecule has 0 unspecified atom stereocenters. The number of sulfonamides is 1. The molecule has 2 rings (SSSR count). The zero-order valence-electron chi connectivity index (χ0n) is 14.9. The normalized spacial score (nSPS) is 11.3. The number of nitrogens with one attached hydrogen (secondary N) is 2. The van der Waals surface area contributed by atoms with Crippen LogP contribution >= 0.6 is 0 Å². The van der Waals surface area contributed by atoms with Gasteiger partial charge >= 0.3 is 6.03 Å². The Morgan fingerprint density at radius 1 is 0.962 bits per heavy atom. The van der Waals surface area contributed by atoms with Crippen LogP contribution in [0.15, 0.2) is 60.7 Å². The molecule has 2 aromatic carbocycles. The van der Waals surface area contributed by atoms with E-state index in [1.54, 1.807) is 12.1 Å². The molecule has 0 aliphatic rings. The van der Waals surface area contributed by atoms with E-state index in [4.69, 9.17) is 0 Å². The summed E-state index contributed by atoms with van der Waals surface area (Å²) in [6.45, 7) is 0.919. The number of carbonyl (C=O) groups excluding carboxylic acids is 1. The Bertz CT molecular complexity index is 780. The average Bonchev–Trinajstić information content (AvgIpc) is 2.61. The number of aryl methyl sites for hydroxylation is 1. The number of anilines is 1. The van der Waals surface area contributed by atoms with Crippen molar-refractivity contribution in [3.63, 3.8) is 0 Å². The molecular weight excluding hydrogens is 350 g/mol. The third-order valence-electron chi connectivity index (χ3n) is 3.86. The van der Waals surface area contributed by atoms with E-state index in [9.17, 15) is 13.2 Å². The molecule has 0 saturated carbocycles. The third kappa shape index (κ3) is 7.25. The molecule has 2 N–H and O–H groups in total. The van der Waals surface area contributed by atoms with Gasteiger partial charge in [0.1, 0.15) is 0 Å². The van der Waals surface area contributed by atoms with Crippen LogP contribution in [0.2, 0.25) is 0 Å². The third-order valence-corrected chi connectivity index (χ3v) is 5.17. The lowest BCUT2D eigenvalue weighted by Gasteiger charge is -2.20. The number of benzene rings is 2. The number of para-hydroxylation sites is 1. The van der Waals surface area contributed by atoms with E-state index in [0.717, 1.165) is 12.8 Å². The van der Waals surface area contributed by atoms with Gasteiger partial charge in [-0.1, -0.05) is 48.5 Å². The summed E-state index contributed by atoms with van der Waals surface area (Å²) in [6, 6.07) is 18.7. The first-order chi connectivity index (χ1) is 12.4. The van der Waals surface area contributed by atoms with Gasteiger partial charge in [-0.3, -0.25) is 0 Å². The summed E-state index contributed by atoms with van der Waals surface area (Å²) in [5, 5.41) is 5.39. The summed E-state index contributed by atoms with van der Waals surface area (Å²) in [5.41, 5.74) is 1.87. The van der Waals surface area contributed by atoms with E-state index in [1.807, 2.05) is 48.5 Å². The van der Waals surface area contributed by atoms with E-state index in [0.29, 0.717) is 12.2 Å². The van der Waals surface area contributed by atoms with Gasteiger partial charge in [0.2, 0.25) is 10.0 Å². The summed E-state index contributed by atoms with van der Waals surface area (Å²) in [6.07, 6.45) is 2.74. The van der Waals surface area contributed by atoms with E-state index >= 15 is 0 Å². The van der Waals surface area contributed by atoms with Gasteiger partial charge in [-0.25, -0.2) is 17.5 Å². The highest BCUT2D eigenvalue weighted by Crippen LogP contribution is 2.06. The van der Waals surface area contributed by atoms with Gasteiger partial charge in [-0.05, 0) is 30.5 Å². The second-order valence-electron chi connectivity index (χ2n) is 6.00. The second kappa shape index (κ2) is 9.94. The van der Waals surface area contributed by atoms with Gasteiger partial charge < -0.3 is 10.6 Å². The Balaban J connectivity index is 1.76. The summed E-state index contributed by atoms with van der Waals surface area (Å²) >= 11 is 0. The lowest BCUT2D eigenvalue weighted by atomic mass is 10.1. The molecule has 0 aromatic heterocycles. The molecule has 0 fully saturated rings. The highest BCUT2D eigenvalue weighted by molar-refractivity contribution is 7.88. The monoisotopic (exact) mass is 375 g/mol. The molecule has 0 bridgehead atoms. The van der Waals surface area contributed by atoms with Crippen LogP contribution in [0.1, 0.15) is 12.0 Å². The van der Waals surface area contributed by atoms with Crippen LogP contribution in [0.5, 0.6) is 0 Å². The molecule has 6 nitrogen and oxygen atoms in total. The molecule has 140 valence electrons. The van der Waals surface area contributed by atoms with E-state index in [2.05, 4.69) is 10.6 Å². The molecule has 0 radical (unpaired) electrons. The number of amides is 2. The first kappa shape index (κ1) is 19.9. The number of hydrogen-bond donors (Lipinski definition) is 2. The van der Waals surface area contributed by atoms with Gasteiger partial charge in [0, 0.05) is 25.3 Å². The van der Waals surface area contributed by atoms with Crippen molar-refractivity contribution in [3.8, 4) is 0 Å². The van der Waals surface area contributed by atoms with Crippen LogP contribution in [0.4, 0.5) is 10.5 Å². The lowest BCUT2D eigenvalue weighted by molar-refractivity contribution is 0.251. The molecule has 0 aliphatic heterocycles. The predicted octanol–water partition coefficient (Wildman–Crippen LogP) is 2.70. The van der Waals surface area contributed by atoms with Crippen LogP contribution in [0.25, 0.3) is 0 Å². The Morgan fingerprint density at radius 3 is 2.19 bits per heavy atom. The van der Waals surface area contributed by atoms with Crippen molar-refractivity contribution in [3.05, 3.63) is 66.2 Å². The topological polar surface area (TPSA) is 78.5 Å². The molecule has 0 spiro atoms. The van der Waals surface area contributed by atoms with Crippen molar-refractivity contribution >= 4 is 21.7 Å². The summed E-state index contributed by atoms with van der Waals surface area (Å²) < 4.78 is 25.3. The maximum Gasteiger partial charge on any atom is 0.319 e. The van der Waals surface area contributed by atoms with E-state index in [1.165, 1.54) is 16.1 Å². The first-order valence-corrected chi connectivity index (χ1v) is 10.4. The van der Waals surface area contributed by atoms with E-state index < -0.39 is 10.0 Å². The molecule has 2 aromatic rings. The van der Waals surface area contributed by atoms with Gasteiger partial charge in [0.05, 0.1) is 6.26 Å². The highest BCUT2D eigenvalue weighted by Gasteiger charge is 2.16. The van der Waals surface area contributed by atoms with Gasteiger partial charge in [-0.15, -0.1) is 0 Å². The zero-order valence-corrected chi connectivity index (χ0v) is 15.7. The summed E-state index contributed by atoms with van der Waals surface area (Å²) in [7, 11) is -3.31. The number of nitrogens with zero attached hydrogens (tertiary/aromatic N) is 1. The van der Waals surface area contributed by atoms with Crippen molar-refractivity contribution in [2.75, 3.05) is 31.2 Å². The standard InChI is InChI=1S/C19H25N3O3S/c1-26(24,25)22(15-8-11-17-9-4-2-5-10-17)16-14-20-19(23)21-18-12-6-3-7-13-18/h2-7,9-10,12-13H,8,11,14-16H2,1H3,(H2,20,21,23). The lowest BCUT2D eigenvalue weighted by Crippen LogP contribution is -2.40. The van der Waals surface area contributed by atoms with Crippen LogP contribution in [0.3, 0.4) is 0 Å². The fourth-order valence-electron chi connectivity index (χ4n) is 2.54. The smallest absolute Gasteiger partial charge is 0.319 e. The maximum absolute atomic E-state index is 11.9. The number of carbonyl (C=O) groups is 1. The fraction of sp³-hybridized carbons (Fsp3) is 0.316. The minimum Gasteiger partial charge on any atom is -0.337 e. The largest absolute Gasteiger partial charge is 0.337 e. The van der Waals surface area contributed by atoms with Crippen LogP contribution in [-0.4, -0.2) is 44.6 Å². The van der Waals surface area contributed by atoms with Crippen LogP contribution in [-0.2, 0) is 16.4 Å². The molecule has 0 saturated heterocycles. The predicted molar refractivity (Wildman–Crippen MR) is 105 cm³/mol. The molecule has 0 atom stereocenters. The molecular formula is C19H25N3O3S. The van der Waals surface area contributed by atoms with Crippen molar-refractivity contribution in [1.82, 2.24) is 9.62 Å². The maximum atomic E-state index is 11.9. The summed E-state index contributed by atoms with van der Waals surface area (Å²) in [4.78, 5) is 11.9. The SMILES string of the molecule is CS(=O)(=O)N(CCCc1ccccc1)CCNC(=O)Nc1ccccc1. The minimum absolute atomic E-state index is 0.246. The quantitative estimate of drug-likeness (QED) is 0.707. The Morgan fingerprint density at radius 2 is 1.58 bits per heavy atom. The van der Waals surface area contributed by atoms with Gasteiger partial charge in [0.15, 0.2) is 0 Å². The second-order valence-corrected chi connectivity index (χ2v) is 7.98. The average molecular weight is 375 g/mol. The van der Waals surface area contributed by atoms with E-state index in [-0.39, 0.29) is 19.1 Å². The first-order valence-electron chi connectivity index (χ1n) is 8.54. The Labute approximate surface area is 155 Å². The van der Waals surface area contributed by atoms with Gasteiger partial charge in [0.25, 0.3) is 0 Å². The number of urea groups is 1. The molecule has 2 amide bonds. The van der Waals surface area contributed by atoms with Crippen molar-refractivity contribution < 1.29 is 13.2 Å². The fourth-order valence-corrected chi connectivity index (χ4v) is 3.42. The molecule has 0 heterocycles. The van der Waals surface area contributed by atoms with Gasteiger partial charge in [-0.2, -0.15) is 0 Å². The molecule has 7 heteroatoms. The zero-order chi connectivity index (χ0) is 18.8. The van der Waals surface area contributed by atoms with Crippen LogP contribution < -0.4 is 10.6 Å². The Hall–Kier alpha value is -2.38. The number of hydrogen-bond acceptors (Lipinski definition) is 3. The van der Waals surface area contributed by atoms with Crippen LogP contribution in [0, 0.1) is 0 Å². The number of rotatable bonds is 9. The Kier molecular flexibility index (Phi) is 7.62.